The molecule has 1 heterocycles. The van der Waals surface area contributed by atoms with Crippen molar-refractivity contribution in [3.8, 4) is 6.07 Å². The van der Waals surface area contributed by atoms with Gasteiger partial charge in [0.15, 0.2) is 0 Å². The van der Waals surface area contributed by atoms with Crippen LogP contribution in [0.5, 0.6) is 0 Å². The van der Waals surface area contributed by atoms with Gasteiger partial charge in [0.25, 0.3) is 0 Å². The van der Waals surface area contributed by atoms with Crippen molar-refractivity contribution in [2.24, 2.45) is 5.73 Å². The second kappa shape index (κ2) is 2.93. The predicted octanol–water partition coefficient (Wildman–Crippen LogP) is 0.447. The van der Waals surface area contributed by atoms with Crippen molar-refractivity contribution in [3.05, 3.63) is 11.3 Å². The van der Waals surface area contributed by atoms with E-state index in [9.17, 15) is 0 Å². The van der Waals surface area contributed by atoms with Gasteiger partial charge in [-0.15, -0.1) is 0 Å². The lowest BCUT2D eigenvalue weighted by Gasteiger charge is -2.19. The second-order valence-corrected chi connectivity index (χ2v) is 3.11. The molecule has 0 spiro atoms. The van der Waals surface area contributed by atoms with Gasteiger partial charge >= 0.3 is 0 Å². The van der Waals surface area contributed by atoms with E-state index < -0.39 is 0 Å². The maximum atomic E-state index is 8.62. The van der Waals surface area contributed by atoms with Gasteiger partial charge in [0, 0.05) is 24.8 Å². The molecule has 3 heteroatoms. The Kier molecular flexibility index (Phi) is 2.16. The highest BCUT2D eigenvalue weighted by Crippen LogP contribution is 2.14. The Morgan fingerprint density at radius 1 is 1.55 bits per heavy atom. The van der Waals surface area contributed by atoms with Crippen LogP contribution in [0.4, 0.5) is 0 Å². The Morgan fingerprint density at radius 2 is 2.18 bits per heavy atom. The third-order valence-corrected chi connectivity index (χ3v) is 1.99. The van der Waals surface area contributed by atoms with Crippen molar-refractivity contribution >= 4 is 0 Å². The van der Waals surface area contributed by atoms with Gasteiger partial charge in [-0.25, -0.2) is 0 Å². The van der Waals surface area contributed by atoms with E-state index >= 15 is 0 Å². The molecule has 0 bridgehead atoms. The van der Waals surface area contributed by atoms with Gasteiger partial charge in [0.2, 0.25) is 0 Å². The topological polar surface area (TPSA) is 53.0 Å². The number of nitrogens with zero attached hydrogens (tertiary/aromatic N) is 2. The molecule has 0 radical (unpaired) electrons. The number of hydrogen-bond acceptors (Lipinski definition) is 3. The van der Waals surface area contributed by atoms with Gasteiger partial charge < -0.3 is 5.73 Å². The van der Waals surface area contributed by atoms with Crippen LogP contribution in [0.3, 0.4) is 0 Å². The normalized spacial score (nSPS) is 19.5. The van der Waals surface area contributed by atoms with Gasteiger partial charge in [0.05, 0.1) is 11.6 Å². The van der Waals surface area contributed by atoms with E-state index in [0.717, 1.165) is 24.4 Å². The Labute approximate surface area is 67.1 Å². The van der Waals surface area contributed by atoms with E-state index in [-0.39, 0.29) is 0 Å². The van der Waals surface area contributed by atoms with Crippen LogP contribution in [0.25, 0.3) is 0 Å². The van der Waals surface area contributed by atoms with Crippen LogP contribution in [0.15, 0.2) is 11.3 Å². The van der Waals surface area contributed by atoms with Gasteiger partial charge in [0.1, 0.15) is 0 Å². The summed E-state index contributed by atoms with van der Waals surface area (Å²) in [6.07, 6.45) is 0. The first-order valence-electron chi connectivity index (χ1n) is 3.76. The molecule has 0 unspecified atom stereocenters. The van der Waals surface area contributed by atoms with E-state index in [4.69, 9.17) is 11.0 Å². The molecule has 0 aliphatic carbocycles. The fourth-order valence-corrected chi connectivity index (χ4v) is 1.15. The molecule has 0 fully saturated rings. The molecule has 1 aliphatic rings. The van der Waals surface area contributed by atoms with Crippen molar-refractivity contribution in [1.82, 2.24) is 4.90 Å². The SMILES string of the molecule is CC(C)N1CC(N)=C(C#N)C1. The van der Waals surface area contributed by atoms with Crippen molar-refractivity contribution in [2.45, 2.75) is 19.9 Å². The summed E-state index contributed by atoms with van der Waals surface area (Å²) in [5, 5.41) is 8.62. The maximum absolute atomic E-state index is 8.62. The lowest BCUT2D eigenvalue weighted by molar-refractivity contribution is 0.282. The first-order valence-corrected chi connectivity index (χ1v) is 3.76. The van der Waals surface area contributed by atoms with Gasteiger partial charge in [-0.2, -0.15) is 5.26 Å². The van der Waals surface area contributed by atoms with Crippen LogP contribution in [0.1, 0.15) is 13.8 Å². The highest BCUT2D eigenvalue weighted by atomic mass is 15.2. The third-order valence-electron chi connectivity index (χ3n) is 1.99. The third kappa shape index (κ3) is 1.52. The molecule has 0 saturated heterocycles. The van der Waals surface area contributed by atoms with Crippen LogP contribution in [0, 0.1) is 11.3 Å². The highest BCUT2D eigenvalue weighted by Gasteiger charge is 2.21. The van der Waals surface area contributed by atoms with E-state index in [2.05, 4.69) is 24.8 Å². The summed E-state index contributed by atoms with van der Waals surface area (Å²) in [4.78, 5) is 2.17. The average Bonchev–Trinajstić information content (AvgIpc) is 2.31. The first-order chi connectivity index (χ1) is 5.15. The lowest BCUT2D eigenvalue weighted by atomic mass is 10.3. The molecular weight excluding hydrogens is 138 g/mol. The molecule has 0 saturated carbocycles. The van der Waals surface area contributed by atoms with Crippen LogP contribution >= 0.6 is 0 Å². The summed E-state index contributed by atoms with van der Waals surface area (Å²) in [5.74, 6) is 0. The van der Waals surface area contributed by atoms with Crippen molar-refractivity contribution in [3.63, 3.8) is 0 Å². The van der Waals surface area contributed by atoms with Crippen molar-refractivity contribution < 1.29 is 0 Å². The quantitative estimate of drug-likeness (QED) is 0.592. The molecule has 1 aliphatic heterocycles. The fourth-order valence-electron chi connectivity index (χ4n) is 1.15. The Bertz CT molecular complexity index is 222. The molecule has 0 aromatic rings. The fraction of sp³-hybridized carbons (Fsp3) is 0.625. The zero-order valence-electron chi connectivity index (χ0n) is 6.96. The van der Waals surface area contributed by atoms with Crippen LogP contribution in [0.2, 0.25) is 0 Å². The largest absolute Gasteiger partial charge is 0.400 e. The zero-order chi connectivity index (χ0) is 8.43. The minimum Gasteiger partial charge on any atom is -0.400 e. The van der Waals surface area contributed by atoms with Crippen LogP contribution in [-0.2, 0) is 0 Å². The molecule has 0 aromatic carbocycles. The summed E-state index contributed by atoms with van der Waals surface area (Å²) >= 11 is 0. The Hall–Kier alpha value is -1.01. The summed E-state index contributed by atoms with van der Waals surface area (Å²) < 4.78 is 0. The summed E-state index contributed by atoms with van der Waals surface area (Å²) in [6, 6.07) is 2.58. The molecule has 0 amide bonds. The van der Waals surface area contributed by atoms with Gasteiger partial charge in [-0.1, -0.05) is 0 Å². The standard InChI is InChI=1S/C8H13N3/c1-6(2)11-4-7(3-9)8(10)5-11/h6H,4-5,10H2,1-2H3. The van der Waals surface area contributed by atoms with Crippen molar-refractivity contribution in [2.75, 3.05) is 13.1 Å². The number of nitrogens with two attached hydrogens (primary N) is 1. The molecule has 0 aromatic heterocycles. The van der Waals surface area contributed by atoms with Crippen molar-refractivity contribution in [1.29, 1.82) is 5.26 Å². The number of nitriles is 1. The predicted molar refractivity (Wildman–Crippen MR) is 43.5 cm³/mol. The van der Waals surface area contributed by atoms with E-state index in [1.165, 1.54) is 0 Å². The lowest BCUT2D eigenvalue weighted by Crippen LogP contribution is -2.29. The summed E-state index contributed by atoms with van der Waals surface area (Å²) in [6.45, 7) is 5.68. The monoisotopic (exact) mass is 151 g/mol. The molecule has 0 atom stereocenters. The summed E-state index contributed by atoms with van der Waals surface area (Å²) in [7, 11) is 0. The van der Waals surface area contributed by atoms with E-state index in [1.54, 1.807) is 0 Å². The first kappa shape index (κ1) is 8.09. The van der Waals surface area contributed by atoms with E-state index in [0.29, 0.717) is 6.04 Å². The smallest absolute Gasteiger partial charge is 0.0979 e. The maximum Gasteiger partial charge on any atom is 0.0979 e. The number of hydrogen-bond donors (Lipinski definition) is 1. The Balaban J connectivity index is 2.63. The number of rotatable bonds is 1. The average molecular weight is 151 g/mol. The van der Waals surface area contributed by atoms with Gasteiger partial charge in [-0.3, -0.25) is 4.90 Å². The molecule has 3 nitrogen and oxygen atoms in total. The van der Waals surface area contributed by atoms with E-state index in [1.807, 2.05) is 0 Å². The van der Waals surface area contributed by atoms with Crippen LogP contribution in [-0.4, -0.2) is 24.0 Å². The second-order valence-electron chi connectivity index (χ2n) is 3.11. The Morgan fingerprint density at radius 3 is 2.45 bits per heavy atom. The van der Waals surface area contributed by atoms with Gasteiger partial charge in [-0.05, 0) is 13.8 Å². The molecular formula is C8H13N3. The minimum atomic E-state index is 0.472. The molecule has 2 N–H and O–H groups in total. The van der Waals surface area contributed by atoms with Crippen LogP contribution < -0.4 is 5.73 Å². The molecule has 11 heavy (non-hydrogen) atoms. The zero-order valence-corrected chi connectivity index (χ0v) is 6.96. The minimum absolute atomic E-state index is 0.472. The molecule has 60 valence electrons. The highest BCUT2D eigenvalue weighted by molar-refractivity contribution is 5.32. The summed E-state index contributed by atoms with van der Waals surface area (Å²) in [5.41, 5.74) is 7.11. The molecule has 1 rings (SSSR count).